The highest BCUT2D eigenvalue weighted by Crippen LogP contribution is 2.24. The van der Waals surface area contributed by atoms with Gasteiger partial charge in [-0.25, -0.2) is 0 Å². The number of halogens is 1. The Morgan fingerprint density at radius 1 is 0.833 bits per heavy atom. The average molecular weight is 393 g/mol. The van der Waals surface area contributed by atoms with E-state index in [1.165, 1.54) is 36.5 Å². The molecular formula is C20H29BrN2O. The van der Waals surface area contributed by atoms with E-state index in [0.29, 0.717) is 0 Å². The van der Waals surface area contributed by atoms with Gasteiger partial charge >= 0.3 is 0 Å². The number of fused-ring (bicyclic) bond motifs is 1. The van der Waals surface area contributed by atoms with Gasteiger partial charge in [0.15, 0.2) is 0 Å². The first-order valence-corrected chi connectivity index (χ1v) is 9.82. The highest BCUT2D eigenvalue weighted by molar-refractivity contribution is 9.10. The minimum absolute atomic E-state index is 0.798. The Morgan fingerprint density at radius 2 is 1.54 bits per heavy atom. The topological polar surface area (TPSA) is 47.3 Å². The van der Waals surface area contributed by atoms with E-state index in [4.69, 9.17) is 10.5 Å². The molecule has 2 aromatic rings. The van der Waals surface area contributed by atoms with Crippen LogP contribution in [0.5, 0.6) is 5.75 Å². The van der Waals surface area contributed by atoms with E-state index < -0.39 is 0 Å². The molecule has 0 saturated heterocycles. The van der Waals surface area contributed by atoms with E-state index in [9.17, 15) is 0 Å². The Hall–Kier alpha value is -1.10. The monoisotopic (exact) mass is 392 g/mol. The van der Waals surface area contributed by atoms with Gasteiger partial charge in [-0.2, -0.15) is 0 Å². The molecule has 0 bridgehead atoms. The average Bonchev–Trinajstić information content (AvgIpc) is 2.59. The van der Waals surface area contributed by atoms with Gasteiger partial charge in [0.2, 0.25) is 0 Å². The number of unbranched alkanes of at least 4 members (excludes halogenated alkanes) is 4. The predicted octanol–water partition coefficient (Wildman–Crippen LogP) is 4.87. The van der Waals surface area contributed by atoms with Gasteiger partial charge in [-0.1, -0.05) is 40.9 Å². The Bertz CT molecular complexity index is 603. The van der Waals surface area contributed by atoms with Crippen LogP contribution in [0.1, 0.15) is 38.5 Å². The summed E-state index contributed by atoms with van der Waals surface area (Å²) in [7, 11) is 0. The summed E-state index contributed by atoms with van der Waals surface area (Å²) < 4.78 is 6.99. The van der Waals surface area contributed by atoms with Crippen LogP contribution in [0.15, 0.2) is 40.9 Å². The van der Waals surface area contributed by atoms with Crippen molar-refractivity contribution in [2.24, 2.45) is 5.73 Å². The highest BCUT2D eigenvalue weighted by Gasteiger charge is 1.99. The second-order valence-corrected chi connectivity index (χ2v) is 7.08. The molecule has 0 aliphatic heterocycles. The van der Waals surface area contributed by atoms with Crippen LogP contribution < -0.4 is 15.8 Å². The Balaban J connectivity index is 1.54. The SMILES string of the molecule is NCCCCNCCCCCCOc1ccc2cc(Br)ccc2c1. The molecule has 0 fully saturated rings. The van der Waals surface area contributed by atoms with Crippen molar-refractivity contribution in [3.8, 4) is 5.75 Å². The number of nitrogens with one attached hydrogen (secondary N) is 1. The molecule has 3 nitrogen and oxygen atoms in total. The van der Waals surface area contributed by atoms with E-state index >= 15 is 0 Å². The van der Waals surface area contributed by atoms with Gasteiger partial charge in [0.05, 0.1) is 6.61 Å². The number of benzene rings is 2. The van der Waals surface area contributed by atoms with Crippen molar-refractivity contribution in [2.75, 3.05) is 26.2 Å². The number of hydrogen-bond donors (Lipinski definition) is 2. The molecule has 0 aliphatic carbocycles. The Morgan fingerprint density at radius 3 is 2.38 bits per heavy atom. The van der Waals surface area contributed by atoms with Crippen LogP contribution in [0.4, 0.5) is 0 Å². The Kier molecular flexibility index (Phi) is 9.18. The van der Waals surface area contributed by atoms with Gasteiger partial charge in [0.1, 0.15) is 5.75 Å². The van der Waals surface area contributed by atoms with Crippen LogP contribution in [0.3, 0.4) is 0 Å². The first kappa shape index (κ1) is 19.2. The van der Waals surface area contributed by atoms with E-state index in [2.05, 4.69) is 57.6 Å². The summed E-state index contributed by atoms with van der Waals surface area (Å²) in [5.41, 5.74) is 5.47. The summed E-state index contributed by atoms with van der Waals surface area (Å²) in [5, 5.41) is 5.92. The summed E-state index contributed by atoms with van der Waals surface area (Å²) in [6, 6.07) is 12.6. The quantitative estimate of drug-likeness (QED) is 0.506. The number of ether oxygens (including phenoxy) is 1. The van der Waals surface area contributed by atoms with Crippen molar-refractivity contribution in [1.82, 2.24) is 5.32 Å². The largest absolute Gasteiger partial charge is 0.494 e. The summed E-state index contributed by atoms with van der Waals surface area (Å²) in [4.78, 5) is 0. The second kappa shape index (κ2) is 11.5. The van der Waals surface area contributed by atoms with Gasteiger partial charge in [0, 0.05) is 4.47 Å². The van der Waals surface area contributed by atoms with Crippen molar-refractivity contribution >= 4 is 26.7 Å². The molecule has 0 aliphatic rings. The minimum atomic E-state index is 0.798. The Labute approximate surface area is 154 Å². The van der Waals surface area contributed by atoms with Gasteiger partial charge in [-0.3, -0.25) is 0 Å². The zero-order chi connectivity index (χ0) is 17.0. The molecule has 0 atom stereocenters. The lowest BCUT2D eigenvalue weighted by Crippen LogP contribution is -2.17. The third kappa shape index (κ3) is 7.20. The van der Waals surface area contributed by atoms with Crippen LogP contribution in [-0.4, -0.2) is 26.2 Å². The lowest BCUT2D eigenvalue weighted by Gasteiger charge is -2.08. The standard InChI is InChI=1S/C20H29BrN2O/c21-19-9-7-18-16-20(10-8-17(18)15-19)24-14-6-2-1-4-12-23-13-5-3-11-22/h7-10,15-16,23H,1-6,11-14,22H2. The van der Waals surface area contributed by atoms with Crippen molar-refractivity contribution in [2.45, 2.75) is 38.5 Å². The fourth-order valence-corrected chi connectivity index (χ4v) is 3.08. The van der Waals surface area contributed by atoms with Crippen molar-refractivity contribution in [3.63, 3.8) is 0 Å². The predicted molar refractivity (Wildman–Crippen MR) is 107 cm³/mol. The molecule has 2 rings (SSSR count). The van der Waals surface area contributed by atoms with Crippen molar-refractivity contribution in [3.05, 3.63) is 40.9 Å². The zero-order valence-corrected chi connectivity index (χ0v) is 16.0. The molecule has 24 heavy (non-hydrogen) atoms. The number of rotatable bonds is 12. The summed E-state index contributed by atoms with van der Waals surface area (Å²) in [6.45, 7) is 3.81. The smallest absolute Gasteiger partial charge is 0.119 e. The molecule has 4 heteroatoms. The maximum atomic E-state index is 5.88. The van der Waals surface area contributed by atoms with Crippen LogP contribution in [-0.2, 0) is 0 Å². The first-order chi connectivity index (χ1) is 11.8. The number of hydrogen-bond acceptors (Lipinski definition) is 3. The van der Waals surface area contributed by atoms with Gasteiger partial charge in [-0.15, -0.1) is 0 Å². The highest BCUT2D eigenvalue weighted by atomic mass is 79.9. The molecule has 0 spiro atoms. The fourth-order valence-electron chi connectivity index (χ4n) is 2.70. The van der Waals surface area contributed by atoms with Crippen LogP contribution in [0, 0.1) is 0 Å². The number of nitrogens with two attached hydrogens (primary N) is 1. The summed E-state index contributed by atoms with van der Waals surface area (Å²) >= 11 is 3.50. The van der Waals surface area contributed by atoms with E-state index in [1.807, 2.05) is 0 Å². The van der Waals surface area contributed by atoms with Crippen molar-refractivity contribution in [1.29, 1.82) is 0 Å². The third-order valence-electron chi connectivity index (χ3n) is 4.10. The maximum absolute atomic E-state index is 5.88. The first-order valence-electron chi connectivity index (χ1n) is 9.02. The molecule has 0 amide bonds. The van der Waals surface area contributed by atoms with Gasteiger partial charge < -0.3 is 15.8 Å². The molecule has 0 unspecified atom stereocenters. The van der Waals surface area contributed by atoms with Gasteiger partial charge in [-0.05, 0) is 80.4 Å². The van der Waals surface area contributed by atoms with Crippen LogP contribution >= 0.6 is 15.9 Å². The second-order valence-electron chi connectivity index (χ2n) is 6.16. The lowest BCUT2D eigenvalue weighted by molar-refractivity contribution is 0.305. The fraction of sp³-hybridized carbons (Fsp3) is 0.500. The minimum Gasteiger partial charge on any atom is -0.494 e. The maximum Gasteiger partial charge on any atom is 0.119 e. The van der Waals surface area contributed by atoms with E-state index in [-0.39, 0.29) is 0 Å². The summed E-state index contributed by atoms with van der Waals surface area (Å²) in [5.74, 6) is 0.964. The molecular weight excluding hydrogens is 364 g/mol. The molecule has 0 saturated carbocycles. The van der Waals surface area contributed by atoms with Gasteiger partial charge in [0.25, 0.3) is 0 Å². The van der Waals surface area contributed by atoms with Crippen LogP contribution in [0.25, 0.3) is 10.8 Å². The zero-order valence-electron chi connectivity index (χ0n) is 14.4. The molecule has 0 heterocycles. The summed E-state index contributed by atoms with van der Waals surface area (Å²) in [6.07, 6.45) is 7.16. The van der Waals surface area contributed by atoms with Crippen LogP contribution in [0.2, 0.25) is 0 Å². The lowest BCUT2D eigenvalue weighted by atomic mass is 10.1. The molecule has 0 radical (unpaired) electrons. The molecule has 2 aromatic carbocycles. The normalized spacial score (nSPS) is 11.1. The third-order valence-corrected chi connectivity index (χ3v) is 4.59. The van der Waals surface area contributed by atoms with Crippen molar-refractivity contribution < 1.29 is 4.74 Å². The van der Waals surface area contributed by atoms with E-state index in [0.717, 1.165) is 49.3 Å². The van der Waals surface area contributed by atoms with E-state index in [1.54, 1.807) is 0 Å². The molecule has 3 N–H and O–H groups in total. The molecule has 132 valence electrons. The molecule has 0 aromatic heterocycles.